The summed E-state index contributed by atoms with van der Waals surface area (Å²) >= 11 is 5.94. The first-order valence-corrected chi connectivity index (χ1v) is 7.03. The molecule has 0 aliphatic rings. The van der Waals surface area contributed by atoms with Crippen LogP contribution < -0.4 is 10.2 Å². The summed E-state index contributed by atoms with van der Waals surface area (Å²) in [5.41, 5.74) is 3.14. The Morgan fingerprint density at radius 3 is 2.86 bits per heavy atom. The lowest BCUT2D eigenvalue weighted by Crippen LogP contribution is -2.17. The van der Waals surface area contributed by atoms with Gasteiger partial charge in [0.25, 0.3) is 5.91 Å². The lowest BCUT2D eigenvalue weighted by Gasteiger charge is -2.07. The molecule has 0 radical (unpaired) electrons. The second-order valence-electron chi connectivity index (χ2n) is 4.33. The molecule has 2 rings (SSSR count). The Balaban J connectivity index is 2.11. The van der Waals surface area contributed by atoms with E-state index in [1.165, 1.54) is 18.3 Å². The molecular formula is C16H15ClN2O3. The summed E-state index contributed by atoms with van der Waals surface area (Å²) in [6.45, 7) is 2.38. The molecule has 0 aromatic heterocycles. The van der Waals surface area contributed by atoms with Crippen LogP contribution >= 0.6 is 11.6 Å². The molecule has 0 aliphatic heterocycles. The van der Waals surface area contributed by atoms with Crippen LogP contribution in [-0.2, 0) is 0 Å². The first kappa shape index (κ1) is 15.9. The average molecular weight is 319 g/mol. The number of phenolic OH excluding ortho intramolecular Hbond substituents is 1. The molecule has 0 bridgehead atoms. The first-order valence-electron chi connectivity index (χ1n) is 6.65. The van der Waals surface area contributed by atoms with Crippen LogP contribution in [0.15, 0.2) is 47.6 Å². The van der Waals surface area contributed by atoms with Crippen LogP contribution in [0.3, 0.4) is 0 Å². The lowest BCUT2D eigenvalue weighted by atomic mass is 10.2. The van der Waals surface area contributed by atoms with Gasteiger partial charge in [0.15, 0.2) is 0 Å². The smallest absolute Gasteiger partial charge is 0.275 e. The highest BCUT2D eigenvalue weighted by molar-refractivity contribution is 6.30. The van der Waals surface area contributed by atoms with Gasteiger partial charge in [-0.2, -0.15) is 5.10 Å². The monoisotopic (exact) mass is 318 g/mol. The summed E-state index contributed by atoms with van der Waals surface area (Å²) in [5, 5.41) is 14.0. The van der Waals surface area contributed by atoms with Crippen molar-refractivity contribution < 1.29 is 14.6 Å². The molecule has 6 heteroatoms. The fraction of sp³-hybridized carbons (Fsp3) is 0.125. The molecule has 0 aliphatic carbocycles. The third-order valence-corrected chi connectivity index (χ3v) is 3.03. The normalized spacial score (nSPS) is 10.6. The molecule has 2 N–H and O–H groups in total. The number of nitrogens with one attached hydrogen (secondary N) is 1. The number of carbonyl (C=O) groups excluding carboxylic acids is 1. The zero-order valence-corrected chi connectivity index (χ0v) is 12.7. The van der Waals surface area contributed by atoms with Crippen LogP contribution in [0.25, 0.3) is 0 Å². The van der Waals surface area contributed by atoms with Crippen molar-refractivity contribution in [2.75, 3.05) is 6.61 Å². The van der Waals surface area contributed by atoms with Gasteiger partial charge in [-0.05, 0) is 37.3 Å². The molecule has 2 aromatic rings. The largest absolute Gasteiger partial charge is 0.507 e. The number of para-hydroxylation sites is 1. The number of carbonyl (C=O) groups is 1. The molecule has 5 nitrogen and oxygen atoms in total. The van der Waals surface area contributed by atoms with Gasteiger partial charge in [0.1, 0.15) is 11.5 Å². The number of aromatic hydroxyl groups is 1. The summed E-state index contributed by atoms with van der Waals surface area (Å²) in [4.78, 5) is 11.9. The summed E-state index contributed by atoms with van der Waals surface area (Å²) in [6, 6.07) is 11.4. The van der Waals surface area contributed by atoms with Gasteiger partial charge in [-0.25, -0.2) is 5.43 Å². The van der Waals surface area contributed by atoms with Gasteiger partial charge in [-0.1, -0.05) is 23.7 Å². The summed E-state index contributed by atoms with van der Waals surface area (Å²) in [5.74, 6) is 0.00903. The average Bonchev–Trinajstić information content (AvgIpc) is 2.50. The highest BCUT2D eigenvalue weighted by Crippen LogP contribution is 2.21. The van der Waals surface area contributed by atoms with E-state index in [-0.39, 0.29) is 11.3 Å². The Morgan fingerprint density at radius 1 is 1.36 bits per heavy atom. The molecule has 0 saturated carbocycles. The molecule has 0 spiro atoms. The van der Waals surface area contributed by atoms with Crippen LogP contribution in [0.4, 0.5) is 0 Å². The Morgan fingerprint density at radius 2 is 2.14 bits per heavy atom. The van der Waals surface area contributed by atoms with Crippen LogP contribution in [0, 0.1) is 0 Å². The third-order valence-electron chi connectivity index (χ3n) is 2.79. The first-order chi connectivity index (χ1) is 10.6. The Hall–Kier alpha value is -2.53. The van der Waals surface area contributed by atoms with Gasteiger partial charge in [0, 0.05) is 10.6 Å². The molecule has 114 valence electrons. The minimum atomic E-state index is -0.505. The van der Waals surface area contributed by atoms with Crippen molar-refractivity contribution in [3.8, 4) is 11.5 Å². The predicted molar refractivity (Wildman–Crippen MR) is 85.8 cm³/mol. The van der Waals surface area contributed by atoms with Crippen molar-refractivity contribution in [3.63, 3.8) is 0 Å². The van der Waals surface area contributed by atoms with Crippen LogP contribution in [0.1, 0.15) is 22.8 Å². The van der Waals surface area contributed by atoms with Crippen molar-refractivity contribution in [3.05, 3.63) is 58.6 Å². The van der Waals surface area contributed by atoms with Crippen molar-refractivity contribution in [1.29, 1.82) is 0 Å². The molecular weight excluding hydrogens is 304 g/mol. The molecule has 0 unspecified atom stereocenters. The van der Waals surface area contributed by atoms with E-state index < -0.39 is 5.91 Å². The number of hydrogen-bond donors (Lipinski definition) is 2. The minimum Gasteiger partial charge on any atom is -0.507 e. The van der Waals surface area contributed by atoms with Gasteiger partial charge < -0.3 is 9.84 Å². The van der Waals surface area contributed by atoms with E-state index in [2.05, 4.69) is 10.5 Å². The Kier molecular flexibility index (Phi) is 5.38. The number of hydrazone groups is 1. The number of halogens is 1. The molecule has 1 amide bonds. The SMILES string of the molecule is CCOc1ccc(Cl)cc1/C=N\NC(=O)c1ccccc1O. The van der Waals surface area contributed by atoms with Crippen molar-refractivity contribution in [2.45, 2.75) is 6.92 Å². The second-order valence-corrected chi connectivity index (χ2v) is 4.77. The number of rotatable bonds is 5. The fourth-order valence-electron chi connectivity index (χ4n) is 1.79. The van der Waals surface area contributed by atoms with Gasteiger partial charge in [-0.3, -0.25) is 4.79 Å². The van der Waals surface area contributed by atoms with E-state index in [1.54, 1.807) is 30.3 Å². The molecule has 0 atom stereocenters. The van der Waals surface area contributed by atoms with E-state index in [1.807, 2.05) is 6.92 Å². The zero-order chi connectivity index (χ0) is 15.9. The maximum absolute atomic E-state index is 11.9. The number of ether oxygens (including phenoxy) is 1. The van der Waals surface area contributed by atoms with Crippen LogP contribution in [0.5, 0.6) is 11.5 Å². The maximum atomic E-state index is 11.9. The Labute approximate surface area is 133 Å². The zero-order valence-electron chi connectivity index (χ0n) is 11.9. The van der Waals surface area contributed by atoms with E-state index in [9.17, 15) is 9.90 Å². The minimum absolute atomic E-state index is 0.104. The second kappa shape index (κ2) is 7.47. The van der Waals surface area contributed by atoms with Crippen LogP contribution in [0.2, 0.25) is 5.02 Å². The molecule has 22 heavy (non-hydrogen) atoms. The highest BCUT2D eigenvalue weighted by Gasteiger charge is 2.09. The van der Waals surface area contributed by atoms with E-state index in [4.69, 9.17) is 16.3 Å². The molecule has 2 aromatic carbocycles. The van der Waals surface area contributed by atoms with Crippen molar-refractivity contribution in [2.24, 2.45) is 5.10 Å². The third kappa shape index (κ3) is 3.99. The summed E-state index contributed by atoms with van der Waals surface area (Å²) < 4.78 is 5.45. The van der Waals surface area contributed by atoms with Crippen molar-refractivity contribution >= 4 is 23.7 Å². The van der Waals surface area contributed by atoms with Gasteiger partial charge in [0.2, 0.25) is 0 Å². The molecule has 0 fully saturated rings. The fourth-order valence-corrected chi connectivity index (χ4v) is 1.97. The van der Waals surface area contributed by atoms with E-state index >= 15 is 0 Å². The van der Waals surface area contributed by atoms with Crippen LogP contribution in [-0.4, -0.2) is 23.8 Å². The van der Waals surface area contributed by atoms with Crippen molar-refractivity contribution in [1.82, 2.24) is 5.43 Å². The highest BCUT2D eigenvalue weighted by atomic mass is 35.5. The van der Waals surface area contributed by atoms with Gasteiger partial charge >= 0.3 is 0 Å². The van der Waals surface area contributed by atoms with Gasteiger partial charge in [-0.15, -0.1) is 0 Å². The standard InChI is InChI=1S/C16H15ClN2O3/c1-2-22-15-8-7-12(17)9-11(15)10-18-19-16(21)13-5-3-4-6-14(13)20/h3-10,20H,2H2,1H3,(H,19,21)/b18-10-. The predicted octanol–water partition coefficient (Wildman–Crippen LogP) is 3.21. The summed E-state index contributed by atoms with van der Waals surface area (Å²) in [7, 11) is 0. The summed E-state index contributed by atoms with van der Waals surface area (Å²) in [6.07, 6.45) is 1.44. The quantitative estimate of drug-likeness (QED) is 0.657. The Bertz CT molecular complexity index is 702. The van der Waals surface area contributed by atoms with E-state index in [0.29, 0.717) is 22.9 Å². The number of hydrogen-bond acceptors (Lipinski definition) is 4. The lowest BCUT2D eigenvalue weighted by molar-refractivity contribution is 0.0952. The topological polar surface area (TPSA) is 70.9 Å². The molecule has 0 heterocycles. The maximum Gasteiger partial charge on any atom is 0.275 e. The molecule has 0 saturated heterocycles. The van der Waals surface area contributed by atoms with E-state index in [0.717, 1.165) is 0 Å². The van der Waals surface area contributed by atoms with Gasteiger partial charge in [0.05, 0.1) is 18.4 Å². The number of benzene rings is 2. The number of phenols is 1. The number of amides is 1. The number of nitrogens with zero attached hydrogens (tertiary/aromatic N) is 1.